The third-order valence-electron chi connectivity index (χ3n) is 6.80. The summed E-state index contributed by atoms with van der Waals surface area (Å²) in [6.07, 6.45) is 8.79. The van der Waals surface area contributed by atoms with Gasteiger partial charge in [-0.3, -0.25) is 0 Å². The molecule has 1 N–H and O–H groups in total. The first-order valence-corrected chi connectivity index (χ1v) is 12.3. The molecule has 0 aliphatic carbocycles. The quantitative estimate of drug-likeness (QED) is 0.312. The van der Waals surface area contributed by atoms with E-state index in [0.29, 0.717) is 0 Å². The van der Waals surface area contributed by atoms with E-state index < -0.39 is 24.4 Å². The smallest absolute Gasteiger partial charge is 0.399 e. The standard InChI is InChI=1S/C29H39BO3/c1-6-7-8-15-20-25(21-23-16-11-9-12-17-23)27(31)26(22-24-18-13-10-14-19-24)30-32-28(2,3)29(4,5)33-30/h9-14,16-19,21-22,27,31H,6-8,15,20H2,1-5H3/b25-21+,26-22-. The van der Waals surface area contributed by atoms with Crippen molar-refractivity contribution < 1.29 is 14.4 Å². The van der Waals surface area contributed by atoms with E-state index in [0.717, 1.165) is 41.4 Å². The second kappa shape index (κ2) is 11.3. The first-order valence-electron chi connectivity index (χ1n) is 12.3. The Labute approximate surface area is 200 Å². The number of unbranched alkanes of at least 4 members (excludes halogenated alkanes) is 3. The molecule has 3 nitrogen and oxygen atoms in total. The van der Waals surface area contributed by atoms with Crippen molar-refractivity contribution >= 4 is 19.3 Å². The minimum absolute atomic E-state index is 0.475. The summed E-state index contributed by atoms with van der Waals surface area (Å²) in [5, 5.41) is 11.8. The molecule has 2 aromatic rings. The van der Waals surface area contributed by atoms with E-state index in [-0.39, 0.29) is 0 Å². The van der Waals surface area contributed by atoms with Crippen molar-refractivity contribution in [3.63, 3.8) is 0 Å². The molecule has 1 fully saturated rings. The van der Waals surface area contributed by atoms with Gasteiger partial charge in [-0.25, -0.2) is 0 Å². The van der Waals surface area contributed by atoms with Crippen molar-refractivity contribution in [1.29, 1.82) is 0 Å². The van der Waals surface area contributed by atoms with Crippen molar-refractivity contribution in [3.05, 3.63) is 82.8 Å². The maximum absolute atomic E-state index is 11.8. The third kappa shape index (κ3) is 6.69. The Bertz CT molecular complexity index is 916. The van der Waals surface area contributed by atoms with Crippen LogP contribution in [0.15, 0.2) is 71.7 Å². The van der Waals surface area contributed by atoms with Crippen molar-refractivity contribution in [3.8, 4) is 0 Å². The van der Waals surface area contributed by atoms with Crippen molar-refractivity contribution in [2.45, 2.75) is 84.0 Å². The van der Waals surface area contributed by atoms with E-state index >= 15 is 0 Å². The molecule has 4 heteroatoms. The highest BCUT2D eigenvalue weighted by molar-refractivity contribution is 6.56. The molecule has 176 valence electrons. The van der Waals surface area contributed by atoms with Gasteiger partial charge in [0.05, 0.1) is 17.3 Å². The molecule has 0 radical (unpaired) electrons. The summed E-state index contributed by atoms with van der Waals surface area (Å²) in [6.45, 7) is 10.4. The monoisotopic (exact) mass is 446 g/mol. The first kappa shape index (κ1) is 25.5. The van der Waals surface area contributed by atoms with Crippen LogP contribution in [0, 0.1) is 0 Å². The third-order valence-corrected chi connectivity index (χ3v) is 6.80. The van der Waals surface area contributed by atoms with E-state index in [1.165, 1.54) is 12.8 Å². The van der Waals surface area contributed by atoms with Crippen LogP contribution in [-0.2, 0) is 9.31 Å². The van der Waals surface area contributed by atoms with E-state index in [1.807, 2.05) is 82.3 Å². The Morgan fingerprint density at radius 3 is 1.85 bits per heavy atom. The summed E-state index contributed by atoms with van der Waals surface area (Å²) >= 11 is 0. The molecule has 33 heavy (non-hydrogen) atoms. The van der Waals surface area contributed by atoms with Crippen LogP contribution in [0.1, 0.15) is 77.8 Å². The molecule has 2 aromatic carbocycles. The number of aliphatic hydroxyl groups excluding tert-OH is 1. The lowest BCUT2D eigenvalue weighted by atomic mass is 9.71. The highest BCUT2D eigenvalue weighted by Gasteiger charge is 2.53. The lowest BCUT2D eigenvalue weighted by molar-refractivity contribution is 0.00578. The van der Waals surface area contributed by atoms with Crippen LogP contribution in [0.4, 0.5) is 0 Å². The van der Waals surface area contributed by atoms with Crippen LogP contribution in [-0.4, -0.2) is 29.5 Å². The Balaban J connectivity index is 1.99. The molecule has 1 atom stereocenters. The molecule has 3 rings (SSSR count). The van der Waals surface area contributed by atoms with Gasteiger partial charge < -0.3 is 14.4 Å². The Hall–Kier alpha value is -2.14. The molecule has 1 heterocycles. The highest BCUT2D eigenvalue weighted by Crippen LogP contribution is 2.40. The number of rotatable bonds is 10. The fourth-order valence-corrected chi connectivity index (χ4v) is 4.02. The van der Waals surface area contributed by atoms with E-state index in [2.05, 4.69) is 25.1 Å². The predicted octanol–water partition coefficient (Wildman–Crippen LogP) is 7.12. The van der Waals surface area contributed by atoms with Gasteiger partial charge in [0.2, 0.25) is 0 Å². The van der Waals surface area contributed by atoms with Gasteiger partial charge in [-0.1, -0.05) is 99.0 Å². The van der Waals surface area contributed by atoms with Gasteiger partial charge in [0.1, 0.15) is 0 Å². The van der Waals surface area contributed by atoms with Crippen LogP contribution >= 0.6 is 0 Å². The molecular weight excluding hydrogens is 407 g/mol. The molecule has 1 aliphatic rings. The first-order chi connectivity index (χ1) is 15.7. The van der Waals surface area contributed by atoms with Gasteiger partial charge >= 0.3 is 7.12 Å². The summed E-state index contributed by atoms with van der Waals surface area (Å²) in [5.74, 6) is 0. The largest absolute Gasteiger partial charge is 0.493 e. The van der Waals surface area contributed by atoms with Crippen LogP contribution in [0.25, 0.3) is 12.2 Å². The summed E-state index contributed by atoms with van der Waals surface area (Å²) in [4.78, 5) is 0. The number of benzene rings is 2. The molecule has 0 spiro atoms. The minimum atomic E-state index is -0.790. The second-order valence-electron chi connectivity index (χ2n) is 9.99. The normalized spacial score (nSPS) is 19.0. The van der Waals surface area contributed by atoms with Crippen molar-refractivity contribution in [2.75, 3.05) is 0 Å². The number of hydrogen-bond acceptors (Lipinski definition) is 3. The number of hydrogen-bond donors (Lipinski definition) is 1. The molecule has 0 bridgehead atoms. The van der Waals surface area contributed by atoms with Gasteiger partial charge in [-0.2, -0.15) is 0 Å². The SMILES string of the molecule is CCCCCC/C(=C\c1ccccc1)C(O)/C(=C/c1ccccc1)B1OC(C)(C)C(C)(C)O1. The highest BCUT2D eigenvalue weighted by atomic mass is 16.7. The predicted molar refractivity (Wildman–Crippen MR) is 140 cm³/mol. The van der Waals surface area contributed by atoms with Crippen LogP contribution in [0.2, 0.25) is 0 Å². The maximum Gasteiger partial charge on any atom is 0.493 e. The molecule has 1 saturated heterocycles. The molecule has 1 aliphatic heterocycles. The Kier molecular flexibility index (Phi) is 8.75. The summed E-state index contributed by atoms with van der Waals surface area (Å²) in [6, 6.07) is 20.3. The fraction of sp³-hybridized carbons (Fsp3) is 0.448. The average molecular weight is 446 g/mol. The van der Waals surface area contributed by atoms with Crippen LogP contribution < -0.4 is 0 Å². The van der Waals surface area contributed by atoms with Gasteiger partial charge in [0.25, 0.3) is 0 Å². The second-order valence-corrected chi connectivity index (χ2v) is 9.99. The topological polar surface area (TPSA) is 38.7 Å². The van der Waals surface area contributed by atoms with Gasteiger partial charge in [0, 0.05) is 0 Å². The Morgan fingerprint density at radius 1 is 0.818 bits per heavy atom. The zero-order chi connectivity index (χ0) is 23.9. The summed E-state index contributed by atoms with van der Waals surface area (Å²) in [7, 11) is -0.611. The Morgan fingerprint density at radius 2 is 1.33 bits per heavy atom. The molecule has 0 aromatic heterocycles. The van der Waals surface area contributed by atoms with Gasteiger partial charge in [-0.15, -0.1) is 0 Å². The molecule has 1 unspecified atom stereocenters. The van der Waals surface area contributed by atoms with E-state index in [4.69, 9.17) is 9.31 Å². The van der Waals surface area contributed by atoms with E-state index in [1.54, 1.807) is 0 Å². The minimum Gasteiger partial charge on any atom is -0.399 e. The lowest BCUT2D eigenvalue weighted by Gasteiger charge is -2.32. The van der Waals surface area contributed by atoms with Crippen molar-refractivity contribution in [1.82, 2.24) is 0 Å². The maximum atomic E-state index is 11.8. The van der Waals surface area contributed by atoms with Gasteiger partial charge in [-0.05, 0) is 62.7 Å². The zero-order valence-electron chi connectivity index (χ0n) is 20.9. The summed E-state index contributed by atoms with van der Waals surface area (Å²) < 4.78 is 12.8. The summed E-state index contributed by atoms with van der Waals surface area (Å²) in [5.41, 5.74) is 2.91. The van der Waals surface area contributed by atoms with Crippen molar-refractivity contribution in [2.24, 2.45) is 0 Å². The van der Waals surface area contributed by atoms with Gasteiger partial charge in [0.15, 0.2) is 0 Å². The lowest BCUT2D eigenvalue weighted by Crippen LogP contribution is -2.41. The fourth-order valence-electron chi connectivity index (χ4n) is 4.02. The molecule has 0 saturated carbocycles. The molecular formula is C29H39BO3. The average Bonchev–Trinajstić information content (AvgIpc) is 3.01. The van der Waals surface area contributed by atoms with Crippen LogP contribution in [0.5, 0.6) is 0 Å². The zero-order valence-corrected chi connectivity index (χ0v) is 20.9. The van der Waals surface area contributed by atoms with E-state index in [9.17, 15) is 5.11 Å². The van der Waals surface area contributed by atoms with Crippen LogP contribution in [0.3, 0.4) is 0 Å². The molecule has 0 amide bonds. The number of aliphatic hydroxyl groups is 1.